The van der Waals surface area contributed by atoms with Crippen LogP contribution in [-0.2, 0) is 5.41 Å². The molecule has 0 fully saturated rings. The molecule has 22 rings (SSSR count). The van der Waals surface area contributed by atoms with Crippen molar-refractivity contribution in [2.75, 3.05) is 9.80 Å². The number of aromatic nitrogens is 1. The molecule has 1 aromatic heterocycles. The zero-order chi connectivity index (χ0) is 81.6. The summed E-state index contributed by atoms with van der Waals surface area (Å²) in [7, 11) is 0. The zero-order valence-electron chi connectivity index (χ0n) is 70.5. The fraction of sp³-hybridized carbons (Fsp3) is 0.00971. The molecule has 4 aliphatic rings. The largest absolute Gasteiger partial charge is 0.310 e. The van der Waals surface area contributed by atoms with Crippen molar-refractivity contribution >= 4 is 79.0 Å². The highest BCUT2D eigenvalue weighted by Crippen LogP contribution is 2.65. The Kier molecular flexibility index (Phi) is 11.1. The van der Waals surface area contributed by atoms with E-state index >= 15 is 0 Å². The van der Waals surface area contributed by atoms with Gasteiger partial charge in [0.25, 0.3) is 6.71 Å². The minimum absolute atomic E-state index is 0.0151. The normalized spacial score (nSPS) is 14.8. The number of benzene rings is 17. The van der Waals surface area contributed by atoms with Crippen molar-refractivity contribution in [3.8, 4) is 106 Å². The lowest BCUT2D eigenvalue weighted by atomic mass is 9.33. The molecule has 3 heterocycles. The van der Waals surface area contributed by atoms with Gasteiger partial charge in [0.2, 0.25) is 0 Å². The Hall–Kier alpha value is -13.8. The van der Waals surface area contributed by atoms with Gasteiger partial charge in [0.1, 0.15) is 0 Å². The lowest BCUT2D eigenvalue weighted by Gasteiger charge is -2.46. The zero-order valence-corrected chi connectivity index (χ0v) is 57.5. The van der Waals surface area contributed by atoms with Crippen LogP contribution in [0.5, 0.6) is 0 Å². The fourth-order valence-corrected chi connectivity index (χ4v) is 18.2. The quantitative estimate of drug-likeness (QED) is 0.126. The lowest BCUT2D eigenvalue weighted by molar-refractivity contribution is 0.796. The number of anilines is 6. The topological polar surface area (TPSA) is 11.4 Å². The summed E-state index contributed by atoms with van der Waals surface area (Å²) in [5, 5.41) is -0.168. The molecule has 107 heavy (non-hydrogen) atoms. The Morgan fingerprint density at radius 3 is 1.21 bits per heavy atom. The Morgan fingerprint density at radius 1 is 0.252 bits per heavy atom. The maximum atomic E-state index is 10.2. The summed E-state index contributed by atoms with van der Waals surface area (Å²) in [6.07, 6.45) is 0. The highest BCUT2D eigenvalue weighted by Gasteiger charge is 2.53. The van der Waals surface area contributed by atoms with Gasteiger partial charge in [0, 0.05) is 55.8 Å². The number of hydrogen-bond acceptors (Lipinski definition) is 2. The molecule has 0 N–H and O–H groups in total. The van der Waals surface area contributed by atoms with Crippen LogP contribution >= 0.6 is 0 Å². The van der Waals surface area contributed by atoms with Crippen LogP contribution < -0.4 is 26.2 Å². The molecule has 1 spiro atoms. The molecule has 18 aromatic rings. The van der Waals surface area contributed by atoms with Crippen molar-refractivity contribution in [2.45, 2.75) is 5.41 Å². The molecular weight excluding hydrogens is 1290 g/mol. The average molecular weight is 1370 g/mol. The molecular formula is C103H66BN3. The van der Waals surface area contributed by atoms with E-state index in [9.17, 15) is 16.4 Å². The van der Waals surface area contributed by atoms with Gasteiger partial charge in [-0.1, -0.05) is 352 Å². The van der Waals surface area contributed by atoms with E-state index in [1.165, 1.54) is 16.7 Å². The number of nitrogens with zero attached hydrogens (tertiary/aromatic N) is 3. The van der Waals surface area contributed by atoms with Crippen LogP contribution in [0.2, 0.25) is 0 Å². The first-order valence-electron chi connectivity index (χ1n) is 42.7. The van der Waals surface area contributed by atoms with E-state index < -0.39 is 78.6 Å². The van der Waals surface area contributed by atoms with E-state index in [0.717, 1.165) is 117 Å². The Morgan fingerprint density at radius 2 is 0.673 bits per heavy atom. The first-order valence-corrected chi connectivity index (χ1v) is 36.2. The molecule has 0 amide bonds. The van der Waals surface area contributed by atoms with Crippen LogP contribution in [0.15, 0.2) is 400 Å². The molecule has 0 saturated carbocycles. The van der Waals surface area contributed by atoms with Crippen molar-refractivity contribution in [1.82, 2.24) is 4.57 Å². The first-order chi connectivity index (χ1) is 58.5. The minimum atomic E-state index is -0.827. The van der Waals surface area contributed by atoms with Gasteiger partial charge in [0.05, 0.1) is 51.3 Å². The first kappa shape index (κ1) is 49.0. The summed E-state index contributed by atoms with van der Waals surface area (Å²) in [4.78, 5) is 4.62. The highest BCUT2D eigenvalue weighted by molar-refractivity contribution is 7.00. The second-order valence-corrected chi connectivity index (χ2v) is 27.9. The average Bonchev–Trinajstić information content (AvgIpc) is 1.47. The van der Waals surface area contributed by atoms with Crippen molar-refractivity contribution in [3.63, 3.8) is 0 Å². The van der Waals surface area contributed by atoms with Gasteiger partial charge < -0.3 is 14.4 Å². The summed E-state index contributed by atoms with van der Waals surface area (Å²) in [5.74, 6) is 0. The molecule has 2 aliphatic heterocycles. The number of para-hydroxylation sites is 3. The number of rotatable bonds is 10. The van der Waals surface area contributed by atoms with Crippen LogP contribution in [0.1, 0.15) is 40.1 Å². The third-order valence-corrected chi connectivity index (χ3v) is 22.5. The smallest absolute Gasteiger partial charge is 0.252 e. The summed E-state index contributed by atoms with van der Waals surface area (Å²) in [5.41, 5.74) is 25.6. The SMILES string of the molecule is [2H]c1c([2H])c([2H])c(-c2ccc3c(c2)B2c4ccc(-c5cccc6c5C5(c7ccccc7-c7ccccc75)c5ccccc5-6)cc4N(c4c(-c5ccccc5)cc(-c5ccccc5)cc4-c4ccccc4)c4cc(-n5c6c([2H])c([2H])c([2H])c([2H])c6c6c([2H])c([2H])c([2H])c([2H])c65)cc(c42)N3c2c(-c3ccccc3)cccc2-c2ccccc2)c([2H])c1[2H]. The summed E-state index contributed by atoms with van der Waals surface area (Å²) in [6.45, 7) is -0.827. The molecule has 0 atom stereocenters. The van der Waals surface area contributed by atoms with E-state index in [-0.39, 0.29) is 45.1 Å². The second-order valence-electron chi connectivity index (χ2n) is 27.9. The van der Waals surface area contributed by atoms with Crippen LogP contribution in [0.3, 0.4) is 0 Å². The van der Waals surface area contributed by atoms with Gasteiger partial charge >= 0.3 is 0 Å². The molecule has 4 heteroatoms. The molecule has 0 bridgehead atoms. The van der Waals surface area contributed by atoms with E-state index in [1.807, 2.05) is 127 Å². The standard InChI is InChI=1S/C103H66BN3/c1-7-31-67(32-8-1)73-58-60-95-92(63-73)104-91-59-57-74(77-48-29-51-85-82-45-21-26-54-90(82)103(99(77)85)88-52-24-19-43-80(88)81-44-20-25-53-89(81)103)64-96(91)107(102-86(71-39-15-5-16-40-71)61-75(68-33-9-2-10-34-68)62-87(102)72-41-17-6-18-42-72)98-66-76(105-93-55-27-22-46-83(93)84-47-23-28-56-94(84)105)65-97(100(98)104)106(95)101-78(69-35-11-3-12-36-69)49-30-50-79(101)70-37-13-4-14-38-70/h1-66H/i1D,7D,8D,22D,23D,27D,28D,31D,32D,46D,47D,55D,56D. The van der Waals surface area contributed by atoms with Crippen LogP contribution in [-0.4, -0.2) is 11.3 Å². The van der Waals surface area contributed by atoms with Gasteiger partial charge in [-0.2, -0.15) is 0 Å². The van der Waals surface area contributed by atoms with Crippen LogP contribution in [0.4, 0.5) is 34.1 Å². The van der Waals surface area contributed by atoms with E-state index in [4.69, 9.17) is 1.37 Å². The third kappa shape index (κ3) is 9.10. The predicted molar refractivity (Wildman–Crippen MR) is 449 cm³/mol. The van der Waals surface area contributed by atoms with Crippen molar-refractivity contribution in [1.29, 1.82) is 0 Å². The molecule has 17 aromatic carbocycles. The molecule has 0 radical (unpaired) electrons. The Balaban J connectivity index is 0.966. The summed E-state index contributed by atoms with van der Waals surface area (Å²) < 4.78 is 127. The van der Waals surface area contributed by atoms with Gasteiger partial charge in [-0.25, -0.2) is 0 Å². The Labute approximate surface area is 641 Å². The molecule has 496 valence electrons. The van der Waals surface area contributed by atoms with E-state index in [1.54, 1.807) is 4.57 Å². The highest BCUT2D eigenvalue weighted by atomic mass is 15.2. The third-order valence-electron chi connectivity index (χ3n) is 22.5. The summed E-state index contributed by atoms with van der Waals surface area (Å²) in [6, 6.07) is 105. The molecule has 3 nitrogen and oxygen atoms in total. The maximum Gasteiger partial charge on any atom is 0.252 e. The predicted octanol–water partition coefficient (Wildman–Crippen LogP) is 24.9. The van der Waals surface area contributed by atoms with Gasteiger partial charge in [-0.3, -0.25) is 0 Å². The van der Waals surface area contributed by atoms with Crippen molar-refractivity contribution in [3.05, 3.63) is 422 Å². The number of hydrogen-bond donors (Lipinski definition) is 0. The van der Waals surface area contributed by atoms with E-state index in [0.29, 0.717) is 33.8 Å². The van der Waals surface area contributed by atoms with Crippen LogP contribution in [0.25, 0.3) is 128 Å². The lowest BCUT2D eigenvalue weighted by Crippen LogP contribution is -2.61. The van der Waals surface area contributed by atoms with Crippen molar-refractivity contribution in [2.24, 2.45) is 0 Å². The van der Waals surface area contributed by atoms with E-state index in [2.05, 4.69) is 204 Å². The summed E-state index contributed by atoms with van der Waals surface area (Å²) >= 11 is 0. The van der Waals surface area contributed by atoms with Gasteiger partial charge in [-0.05, 0) is 165 Å². The molecule has 0 unspecified atom stereocenters. The second kappa shape index (κ2) is 24.2. The van der Waals surface area contributed by atoms with Crippen LogP contribution in [0, 0.1) is 0 Å². The number of fused-ring (bicyclic) bond motifs is 17. The monoisotopic (exact) mass is 1370 g/mol. The minimum Gasteiger partial charge on any atom is -0.310 e. The van der Waals surface area contributed by atoms with Crippen molar-refractivity contribution < 1.29 is 17.8 Å². The molecule has 2 aliphatic carbocycles. The van der Waals surface area contributed by atoms with Gasteiger partial charge in [-0.15, -0.1) is 0 Å². The maximum absolute atomic E-state index is 10.2. The Bertz CT molecular complexity index is 7180. The fourth-order valence-electron chi connectivity index (χ4n) is 18.2. The van der Waals surface area contributed by atoms with Gasteiger partial charge in [0.15, 0.2) is 0 Å². The molecule has 0 saturated heterocycles.